The quantitative estimate of drug-likeness (QED) is 0.756. The summed E-state index contributed by atoms with van der Waals surface area (Å²) in [5.41, 5.74) is 3.27. The summed E-state index contributed by atoms with van der Waals surface area (Å²) in [7, 11) is 1.66. The maximum Gasteiger partial charge on any atom is 0.118 e. The fraction of sp³-hybridized carbons (Fsp3) is 0.0625. The first-order valence-electron chi connectivity index (χ1n) is 5.64. The molecule has 2 aromatic carbocycles. The van der Waals surface area contributed by atoms with Gasteiger partial charge in [-0.1, -0.05) is 30.3 Å². The highest BCUT2D eigenvalue weighted by molar-refractivity contribution is 5.68. The number of nitriles is 1. The van der Waals surface area contributed by atoms with E-state index in [1.165, 1.54) is 6.08 Å². The third-order valence-corrected chi connectivity index (χ3v) is 2.66. The predicted molar refractivity (Wildman–Crippen MR) is 73.1 cm³/mol. The average molecular weight is 235 g/mol. The van der Waals surface area contributed by atoms with Crippen molar-refractivity contribution in [3.8, 4) is 22.9 Å². The summed E-state index contributed by atoms with van der Waals surface area (Å²) in [6.45, 7) is 0. The summed E-state index contributed by atoms with van der Waals surface area (Å²) in [6.07, 6.45) is 3.28. The zero-order chi connectivity index (χ0) is 12.8. The first-order chi connectivity index (χ1) is 8.83. The molecule has 0 heterocycles. The van der Waals surface area contributed by atoms with Crippen LogP contribution in [0.1, 0.15) is 5.56 Å². The minimum atomic E-state index is 0.847. The Morgan fingerprint density at radius 2 is 1.83 bits per heavy atom. The topological polar surface area (TPSA) is 33.0 Å². The molecular weight excluding hydrogens is 222 g/mol. The van der Waals surface area contributed by atoms with Gasteiger partial charge in [-0.25, -0.2) is 0 Å². The molecule has 2 nitrogen and oxygen atoms in total. The van der Waals surface area contributed by atoms with Gasteiger partial charge in [0.05, 0.1) is 13.2 Å². The summed E-state index contributed by atoms with van der Waals surface area (Å²) in [5.74, 6) is 0.847. The van der Waals surface area contributed by atoms with Crippen molar-refractivity contribution >= 4 is 6.08 Å². The Morgan fingerprint density at radius 1 is 1.06 bits per heavy atom. The summed E-state index contributed by atoms with van der Waals surface area (Å²) in [4.78, 5) is 0. The van der Waals surface area contributed by atoms with Crippen LogP contribution in [-0.2, 0) is 0 Å². The highest BCUT2D eigenvalue weighted by atomic mass is 16.5. The molecule has 0 aliphatic heterocycles. The van der Waals surface area contributed by atoms with Crippen LogP contribution in [0.15, 0.2) is 54.6 Å². The molecule has 0 bridgehead atoms. The standard InChI is InChI=1S/C16H13NO/c1-18-16-9-7-14(8-10-16)15-6-2-4-13(12-15)5-3-11-17/h2-10,12H,1H3. The van der Waals surface area contributed by atoms with Crippen molar-refractivity contribution in [1.29, 1.82) is 5.26 Å². The van der Waals surface area contributed by atoms with Gasteiger partial charge < -0.3 is 4.74 Å². The van der Waals surface area contributed by atoms with Gasteiger partial charge in [-0.3, -0.25) is 0 Å². The second kappa shape index (κ2) is 5.70. The minimum Gasteiger partial charge on any atom is -0.497 e. The van der Waals surface area contributed by atoms with Crippen molar-refractivity contribution in [2.24, 2.45) is 0 Å². The van der Waals surface area contributed by atoms with Crippen molar-refractivity contribution < 1.29 is 4.74 Å². The average Bonchev–Trinajstić information content (AvgIpc) is 2.45. The van der Waals surface area contributed by atoms with Gasteiger partial charge in [-0.2, -0.15) is 5.26 Å². The molecule has 0 atom stereocenters. The van der Waals surface area contributed by atoms with Gasteiger partial charge in [0, 0.05) is 6.08 Å². The molecule has 0 unspecified atom stereocenters. The van der Waals surface area contributed by atoms with Crippen LogP contribution in [0.4, 0.5) is 0 Å². The van der Waals surface area contributed by atoms with Crippen LogP contribution in [0, 0.1) is 11.3 Å². The molecular formula is C16H13NO. The summed E-state index contributed by atoms with van der Waals surface area (Å²) >= 11 is 0. The molecule has 0 saturated carbocycles. The lowest BCUT2D eigenvalue weighted by Crippen LogP contribution is -1.83. The van der Waals surface area contributed by atoms with E-state index in [0.717, 1.165) is 22.4 Å². The van der Waals surface area contributed by atoms with Crippen molar-refractivity contribution in [2.45, 2.75) is 0 Å². The van der Waals surface area contributed by atoms with Crippen LogP contribution in [0.5, 0.6) is 5.75 Å². The normalized spacial score (nSPS) is 10.2. The fourth-order valence-electron chi connectivity index (χ4n) is 1.74. The molecule has 0 N–H and O–H groups in total. The third-order valence-electron chi connectivity index (χ3n) is 2.66. The molecule has 0 radical (unpaired) electrons. The van der Waals surface area contributed by atoms with Gasteiger partial charge in [-0.05, 0) is 41.0 Å². The van der Waals surface area contributed by atoms with Gasteiger partial charge >= 0.3 is 0 Å². The molecule has 0 saturated heterocycles. The number of benzene rings is 2. The number of hydrogen-bond donors (Lipinski definition) is 0. The Bertz CT molecular complexity index is 591. The Labute approximate surface area is 107 Å². The molecule has 0 amide bonds. The highest BCUT2D eigenvalue weighted by Gasteiger charge is 1.98. The third kappa shape index (κ3) is 2.78. The zero-order valence-electron chi connectivity index (χ0n) is 10.1. The van der Waals surface area contributed by atoms with Gasteiger partial charge in [0.1, 0.15) is 5.75 Å². The Balaban J connectivity index is 2.32. The number of nitrogens with zero attached hydrogens (tertiary/aromatic N) is 1. The van der Waals surface area contributed by atoms with Crippen LogP contribution < -0.4 is 4.74 Å². The fourth-order valence-corrected chi connectivity index (χ4v) is 1.74. The number of methoxy groups -OCH3 is 1. The van der Waals surface area contributed by atoms with E-state index >= 15 is 0 Å². The molecule has 18 heavy (non-hydrogen) atoms. The van der Waals surface area contributed by atoms with Crippen LogP contribution in [0.3, 0.4) is 0 Å². The van der Waals surface area contributed by atoms with Crippen molar-refractivity contribution in [3.63, 3.8) is 0 Å². The molecule has 0 aliphatic carbocycles. The van der Waals surface area contributed by atoms with Gasteiger partial charge in [0.2, 0.25) is 0 Å². The highest BCUT2D eigenvalue weighted by Crippen LogP contribution is 2.23. The number of hydrogen-bond acceptors (Lipinski definition) is 2. The molecule has 2 rings (SSSR count). The monoisotopic (exact) mass is 235 g/mol. The van der Waals surface area contributed by atoms with Gasteiger partial charge in [-0.15, -0.1) is 0 Å². The van der Waals surface area contributed by atoms with Crippen LogP contribution >= 0.6 is 0 Å². The molecule has 2 heteroatoms. The van der Waals surface area contributed by atoms with Crippen molar-refractivity contribution in [1.82, 2.24) is 0 Å². The van der Waals surface area contributed by atoms with E-state index in [2.05, 4.69) is 6.07 Å². The van der Waals surface area contributed by atoms with E-state index in [-0.39, 0.29) is 0 Å². The largest absolute Gasteiger partial charge is 0.497 e. The molecule has 0 spiro atoms. The van der Waals surface area contributed by atoms with Crippen LogP contribution in [-0.4, -0.2) is 7.11 Å². The van der Waals surface area contributed by atoms with E-state index in [0.29, 0.717) is 0 Å². The van der Waals surface area contributed by atoms with E-state index in [4.69, 9.17) is 10.00 Å². The Kier molecular flexibility index (Phi) is 3.78. The first kappa shape index (κ1) is 11.9. The second-order valence-corrected chi connectivity index (χ2v) is 3.82. The lowest BCUT2D eigenvalue weighted by Gasteiger charge is -2.04. The maximum absolute atomic E-state index is 8.52. The van der Waals surface area contributed by atoms with E-state index in [9.17, 15) is 0 Å². The SMILES string of the molecule is COc1ccc(-c2cccc(C=CC#N)c2)cc1. The van der Waals surface area contributed by atoms with Crippen LogP contribution in [0.25, 0.3) is 17.2 Å². The van der Waals surface area contributed by atoms with E-state index in [1.807, 2.05) is 48.5 Å². The molecule has 88 valence electrons. The molecule has 0 fully saturated rings. The van der Waals surface area contributed by atoms with Crippen molar-refractivity contribution in [3.05, 3.63) is 60.2 Å². The number of ether oxygens (including phenoxy) is 1. The minimum absolute atomic E-state index is 0.847. The zero-order valence-corrected chi connectivity index (χ0v) is 10.1. The van der Waals surface area contributed by atoms with E-state index < -0.39 is 0 Å². The Hall–Kier alpha value is -2.53. The van der Waals surface area contributed by atoms with Gasteiger partial charge in [0.25, 0.3) is 0 Å². The van der Waals surface area contributed by atoms with E-state index in [1.54, 1.807) is 13.2 Å². The Morgan fingerprint density at radius 3 is 2.50 bits per heavy atom. The predicted octanol–water partition coefficient (Wildman–Crippen LogP) is 3.90. The second-order valence-electron chi connectivity index (χ2n) is 3.82. The summed E-state index contributed by atoms with van der Waals surface area (Å²) in [5, 5.41) is 8.52. The smallest absolute Gasteiger partial charge is 0.118 e. The first-order valence-corrected chi connectivity index (χ1v) is 5.64. The lowest BCUT2D eigenvalue weighted by molar-refractivity contribution is 0.415. The maximum atomic E-state index is 8.52. The van der Waals surface area contributed by atoms with Gasteiger partial charge in [0.15, 0.2) is 0 Å². The molecule has 0 aliphatic rings. The molecule has 0 aromatic heterocycles. The lowest BCUT2D eigenvalue weighted by atomic mass is 10.0. The van der Waals surface area contributed by atoms with Crippen molar-refractivity contribution in [2.75, 3.05) is 7.11 Å². The summed E-state index contributed by atoms with van der Waals surface area (Å²) < 4.78 is 5.13. The van der Waals surface area contributed by atoms with Crippen LogP contribution in [0.2, 0.25) is 0 Å². The summed E-state index contributed by atoms with van der Waals surface area (Å²) in [6, 6.07) is 18.0. The number of rotatable bonds is 3. The number of allylic oxidation sites excluding steroid dienone is 1. The molecule has 2 aromatic rings.